The standard InChI is InChI=1S/C29H40Cl2N4/c30-27-16-26(17-28(31)18-27)25-14-21(13-22(15-25)20-35-11-5-29(32)6-12-35)19-34-9-3-24(4-10-34)23-1-7-33-8-2-23/h13-18,23-24,29,33H,1-12,19-20,32H2. The zero-order chi connectivity index (χ0) is 24.2. The summed E-state index contributed by atoms with van der Waals surface area (Å²) >= 11 is 12.7. The van der Waals surface area contributed by atoms with Crippen molar-refractivity contribution in [1.82, 2.24) is 15.1 Å². The smallest absolute Gasteiger partial charge is 0.0426 e. The van der Waals surface area contributed by atoms with Crippen LogP contribution in [0.25, 0.3) is 11.1 Å². The first-order chi connectivity index (χ1) is 17.0. The molecule has 5 rings (SSSR count). The third-order valence-electron chi connectivity index (χ3n) is 8.38. The lowest BCUT2D eigenvalue weighted by Gasteiger charge is -2.38. The summed E-state index contributed by atoms with van der Waals surface area (Å²) in [7, 11) is 0. The van der Waals surface area contributed by atoms with E-state index in [0.717, 1.165) is 56.4 Å². The fourth-order valence-corrected chi connectivity index (χ4v) is 6.88. The van der Waals surface area contributed by atoms with Crippen LogP contribution in [-0.4, -0.2) is 55.1 Å². The largest absolute Gasteiger partial charge is 0.328 e. The minimum atomic E-state index is 0.356. The van der Waals surface area contributed by atoms with Crippen molar-refractivity contribution < 1.29 is 0 Å². The first-order valence-corrected chi connectivity index (χ1v) is 14.3. The number of nitrogens with two attached hydrogens (primary N) is 1. The Morgan fingerprint density at radius 3 is 1.71 bits per heavy atom. The first-order valence-electron chi connectivity index (χ1n) is 13.5. The van der Waals surface area contributed by atoms with Crippen LogP contribution in [0.4, 0.5) is 0 Å². The molecule has 3 saturated heterocycles. The Balaban J connectivity index is 1.31. The average Bonchev–Trinajstić information content (AvgIpc) is 2.86. The molecule has 0 amide bonds. The summed E-state index contributed by atoms with van der Waals surface area (Å²) in [6.45, 7) is 8.97. The highest BCUT2D eigenvalue weighted by Gasteiger charge is 2.27. The molecule has 2 aromatic carbocycles. The lowest BCUT2D eigenvalue weighted by Crippen LogP contribution is -2.39. The minimum Gasteiger partial charge on any atom is -0.328 e. The molecule has 3 N–H and O–H groups in total. The molecule has 2 aromatic rings. The molecule has 190 valence electrons. The van der Waals surface area contributed by atoms with Crippen LogP contribution in [0, 0.1) is 11.8 Å². The molecule has 4 nitrogen and oxygen atoms in total. The third kappa shape index (κ3) is 7.00. The SMILES string of the molecule is NC1CCN(Cc2cc(CN3CCC(C4CCNCC4)CC3)cc(-c3cc(Cl)cc(Cl)c3)c2)CC1. The highest BCUT2D eigenvalue weighted by atomic mass is 35.5. The van der Waals surface area contributed by atoms with Crippen molar-refractivity contribution in [2.45, 2.75) is 57.7 Å². The van der Waals surface area contributed by atoms with Gasteiger partial charge < -0.3 is 11.1 Å². The van der Waals surface area contributed by atoms with E-state index in [4.69, 9.17) is 28.9 Å². The van der Waals surface area contributed by atoms with E-state index in [2.05, 4.69) is 33.3 Å². The van der Waals surface area contributed by atoms with Crippen LogP contribution in [0.3, 0.4) is 0 Å². The highest BCUT2D eigenvalue weighted by Crippen LogP contribution is 2.33. The van der Waals surface area contributed by atoms with Gasteiger partial charge in [-0.15, -0.1) is 0 Å². The van der Waals surface area contributed by atoms with Gasteiger partial charge in [-0.25, -0.2) is 0 Å². The lowest BCUT2D eigenvalue weighted by molar-refractivity contribution is 0.126. The van der Waals surface area contributed by atoms with Crippen LogP contribution in [0.2, 0.25) is 10.0 Å². The summed E-state index contributed by atoms with van der Waals surface area (Å²) in [6, 6.07) is 13.3. The van der Waals surface area contributed by atoms with Crippen LogP contribution in [0.1, 0.15) is 49.7 Å². The number of halogens is 2. The molecular formula is C29H40Cl2N4. The van der Waals surface area contributed by atoms with Crippen molar-refractivity contribution in [2.24, 2.45) is 17.6 Å². The quantitative estimate of drug-likeness (QED) is 0.511. The van der Waals surface area contributed by atoms with Crippen molar-refractivity contribution in [3.63, 3.8) is 0 Å². The molecule has 35 heavy (non-hydrogen) atoms. The summed E-state index contributed by atoms with van der Waals surface area (Å²) in [5.41, 5.74) is 11.2. The van der Waals surface area contributed by atoms with E-state index < -0.39 is 0 Å². The Hall–Kier alpha value is -1.14. The maximum absolute atomic E-state index is 6.37. The molecule has 0 aliphatic carbocycles. The van der Waals surface area contributed by atoms with Crippen LogP contribution in [-0.2, 0) is 13.1 Å². The van der Waals surface area contributed by atoms with Gasteiger partial charge in [0.15, 0.2) is 0 Å². The molecule has 0 spiro atoms. The Kier molecular flexibility index (Phi) is 8.70. The monoisotopic (exact) mass is 514 g/mol. The van der Waals surface area contributed by atoms with Crippen LogP contribution >= 0.6 is 23.2 Å². The Bertz CT molecular complexity index is 954. The fourth-order valence-electron chi connectivity index (χ4n) is 6.36. The first kappa shape index (κ1) is 25.5. The van der Waals surface area contributed by atoms with Gasteiger partial charge in [-0.05, 0) is 142 Å². The van der Waals surface area contributed by atoms with Crippen molar-refractivity contribution in [3.05, 3.63) is 57.6 Å². The summed E-state index contributed by atoms with van der Waals surface area (Å²) in [6.07, 6.45) is 7.58. The minimum absolute atomic E-state index is 0.356. The molecule has 0 aromatic heterocycles. The summed E-state index contributed by atoms with van der Waals surface area (Å²) in [4.78, 5) is 5.20. The molecule has 6 heteroatoms. The van der Waals surface area contributed by atoms with Gasteiger partial charge in [0.1, 0.15) is 0 Å². The number of hydrogen-bond donors (Lipinski definition) is 2. The maximum atomic E-state index is 6.37. The zero-order valence-electron chi connectivity index (χ0n) is 20.8. The average molecular weight is 516 g/mol. The molecule has 3 fully saturated rings. The van der Waals surface area contributed by atoms with E-state index in [0.29, 0.717) is 16.1 Å². The molecule has 0 radical (unpaired) electrons. The molecular weight excluding hydrogens is 475 g/mol. The number of hydrogen-bond acceptors (Lipinski definition) is 4. The second-order valence-corrected chi connectivity index (χ2v) is 11.9. The van der Waals surface area contributed by atoms with Crippen LogP contribution < -0.4 is 11.1 Å². The van der Waals surface area contributed by atoms with E-state index in [-0.39, 0.29) is 0 Å². The third-order valence-corrected chi connectivity index (χ3v) is 8.81. The second-order valence-electron chi connectivity index (χ2n) is 11.0. The van der Waals surface area contributed by atoms with Crippen molar-refractivity contribution >= 4 is 23.2 Å². The number of benzene rings is 2. The maximum Gasteiger partial charge on any atom is 0.0426 e. The predicted molar refractivity (Wildman–Crippen MR) is 148 cm³/mol. The second kappa shape index (κ2) is 11.9. The normalized spacial score (nSPS) is 22.0. The van der Waals surface area contributed by atoms with Gasteiger partial charge in [0, 0.05) is 29.2 Å². The van der Waals surface area contributed by atoms with Gasteiger partial charge in [0.05, 0.1) is 0 Å². The van der Waals surface area contributed by atoms with E-state index >= 15 is 0 Å². The molecule has 0 bridgehead atoms. The van der Waals surface area contributed by atoms with E-state index in [1.54, 1.807) is 6.07 Å². The van der Waals surface area contributed by atoms with Crippen molar-refractivity contribution in [1.29, 1.82) is 0 Å². The number of nitrogens with zero attached hydrogens (tertiary/aromatic N) is 2. The zero-order valence-corrected chi connectivity index (χ0v) is 22.3. The molecule has 3 aliphatic rings. The topological polar surface area (TPSA) is 44.5 Å². The van der Waals surface area contributed by atoms with Gasteiger partial charge >= 0.3 is 0 Å². The van der Waals surface area contributed by atoms with Crippen molar-refractivity contribution in [2.75, 3.05) is 39.3 Å². The highest BCUT2D eigenvalue weighted by molar-refractivity contribution is 6.35. The summed E-state index contributed by atoms with van der Waals surface area (Å²) in [5, 5.41) is 4.89. The Labute approximate surface area is 221 Å². The van der Waals surface area contributed by atoms with Crippen molar-refractivity contribution in [3.8, 4) is 11.1 Å². The number of rotatable bonds is 6. The van der Waals surface area contributed by atoms with Gasteiger partial charge in [0.2, 0.25) is 0 Å². The van der Waals surface area contributed by atoms with E-state index in [9.17, 15) is 0 Å². The number of piperidine rings is 3. The summed E-state index contributed by atoms with van der Waals surface area (Å²) in [5.74, 6) is 1.84. The number of nitrogens with one attached hydrogen (secondary N) is 1. The molecule has 3 aliphatic heterocycles. The van der Waals surface area contributed by atoms with Gasteiger partial charge in [-0.1, -0.05) is 29.3 Å². The fraction of sp³-hybridized carbons (Fsp3) is 0.586. The van der Waals surface area contributed by atoms with Crippen LogP contribution in [0.5, 0.6) is 0 Å². The van der Waals surface area contributed by atoms with E-state index in [1.165, 1.54) is 68.6 Å². The van der Waals surface area contributed by atoms with Gasteiger partial charge in [-0.3, -0.25) is 9.80 Å². The molecule has 0 saturated carbocycles. The lowest BCUT2D eigenvalue weighted by atomic mass is 9.79. The van der Waals surface area contributed by atoms with E-state index in [1.807, 2.05) is 12.1 Å². The number of likely N-dealkylation sites (tertiary alicyclic amines) is 2. The molecule has 3 heterocycles. The Morgan fingerprint density at radius 1 is 0.657 bits per heavy atom. The predicted octanol–water partition coefficient (Wildman–Crippen LogP) is 5.80. The Morgan fingerprint density at radius 2 is 1.14 bits per heavy atom. The summed E-state index contributed by atoms with van der Waals surface area (Å²) < 4.78 is 0. The van der Waals surface area contributed by atoms with Gasteiger partial charge in [0.25, 0.3) is 0 Å². The molecule has 0 atom stereocenters. The molecule has 0 unspecified atom stereocenters. The van der Waals surface area contributed by atoms with Crippen LogP contribution in [0.15, 0.2) is 36.4 Å². The van der Waals surface area contributed by atoms with Gasteiger partial charge in [-0.2, -0.15) is 0 Å².